The Bertz CT molecular complexity index is 533. The van der Waals surface area contributed by atoms with Gasteiger partial charge in [0.25, 0.3) is 0 Å². The van der Waals surface area contributed by atoms with Gasteiger partial charge in [0.1, 0.15) is 12.1 Å². The summed E-state index contributed by atoms with van der Waals surface area (Å²) in [6.45, 7) is 2.86. The molecule has 1 aromatic carbocycles. The molecule has 2 aromatic rings. The molecule has 17 heavy (non-hydrogen) atoms. The second-order valence-electron chi connectivity index (χ2n) is 3.96. The third-order valence-corrected chi connectivity index (χ3v) is 2.82. The summed E-state index contributed by atoms with van der Waals surface area (Å²) in [5.41, 5.74) is 2.42. The van der Waals surface area contributed by atoms with Gasteiger partial charge < -0.3 is 9.39 Å². The standard InChI is InChI=1S/C12H11BN2O2/c1-13-11-6-10(3-2-9(11)7-16-13)17-12-4-5-14-8-15-12/h2-6,8H,7H2,1H3. The van der Waals surface area contributed by atoms with Gasteiger partial charge in [-0.05, 0) is 23.2 Å². The summed E-state index contributed by atoms with van der Waals surface area (Å²) in [4.78, 5) is 7.87. The van der Waals surface area contributed by atoms with E-state index < -0.39 is 0 Å². The van der Waals surface area contributed by atoms with E-state index in [9.17, 15) is 0 Å². The quantitative estimate of drug-likeness (QED) is 0.730. The lowest BCUT2D eigenvalue weighted by molar-refractivity contribution is 0.333. The van der Waals surface area contributed by atoms with Gasteiger partial charge >= 0.3 is 6.92 Å². The van der Waals surface area contributed by atoms with E-state index in [4.69, 9.17) is 9.39 Å². The average Bonchev–Trinajstić information content (AvgIpc) is 2.73. The van der Waals surface area contributed by atoms with Crippen LogP contribution in [0.4, 0.5) is 0 Å². The van der Waals surface area contributed by atoms with Crippen molar-refractivity contribution in [3.8, 4) is 11.6 Å². The largest absolute Gasteiger partial charge is 0.439 e. The van der Waals surface area contributed by atoms with E-state index in [0.29, 0.717) is 12.5 Å². The fraction of sp³-hybridized carbons (Fsp3) is 0.167. The maximum Gasteiger partial charge on any atom is 0.324 e. The number of nitrogens with zero attached hydrogens (tertiary/aromatic N) is 2. The maximum atomic E-state index is 5.65. The molecule has 0 aliphatic carbocycles. The van der Waals surface area contributed by atoms with Gasteiger partial charge in [-0.1, -0.05) is 12.9 Å². The van der Waals surface area contributed by atoms with Gasteiger partial charge in [-0.25, -0.2) is 9.97 Å². The lowest BCUT2D eigenvalue weighted by Gasteiger charge is -2.06. The van der Waals surface area contributed by atoms with Crippen LogP contribution in [-0.4, -0.2) is 16.9 Å². The monoisotopic (exact) mass is 226 g/mol. The molecule has 0 amide bonds. The van der Waals surface area contributed by atoms with E-state index in [0.717, 1.165) is 5.75 Å². The van der Waals surface area contributed by atoms with Gasteiger partial charge in [-0.2, -0.15) is 0 Å². The Balaban J connectivity index is 1.88. The maximum absolute atomic E-state index is 5.65. The van der Waals surface area contributed by atoms with Gasteiger partial charge in [0.05, 0.1) is 6.61 Å². The van der Waals surface area contributed by atoms with Crippen LogP contribution in [-0.2, 0) is 11.3 Å². The topological polar surface area (TPSA) is 44.2 Å². The molecule has 1 aromatic heterocycles. The second-order valence-corrected chi connectivity index (χ2v) is 3.96. The average molecular weight is 226 g/mol. The number of aromatic nitrogens is 2. The molecular weight excluding hydrogens is 215 g/mol. The fourth-order valence-corrected chi connectivity index (χ4v) is 1.91. The summed E-state index contributed by atoms with van der Waals surface area (Å²) in [7, 11) is 0. The van der Waals surface area contributed by atoms with E-state index in [2.05, 4.69) is 9.97 Å². The molecule has 0 saturated carbocycles. The zero-order valence-corrected chi connectivity index (χ0v) is 9.46. The summed E-state index contributed by atoms with van der Waals surface area (Å²) in [5.74, 6) is 1.33. The van der Waals surface area contributed by atoms with Crippen LogP contribution >= 0.6 is 0 Å². The predicted octanol–water partition coefficient (Wildman–Crippen LogP) is 1.63. The zero-order valence-electron chi connectivity index (χ0n) is 9.46. The highest BCUT2D eigenvalue weighted by Crippen LogP contribution is 2.21. The van der Waals surface area contributed by atoms with E-state index >= 15 is 0 Å². The number of rotatable bonds is 2. The lowest BCUT2D eigenvalue weighted by atomic mass is 9.64. The molecule has 0 saturated heterocycles. The highest BCUT2D eigenvalue weighted by atomic mass is 16.5. The molecule has 0 bridgehead atoms. The third-order valence-electron chi connectivity index (χ3n) is 2.82. The third kappa shape index (κ3) is 2.01. The highest BCUT2D eigenvalue weighted by Gasteiger charge is 2.23. The van der Waals surface area contributed by atoms with E-state index in [1.807, 2.05) is 25.0 Å². The lowest BCUT2D eigenvalue weighted by Crippen LogP contribution is -2.24. The Kier molecular flexibility index (Phi) is 2.53. The van der Waals surface area contributed by atoms with Gasteiger partial charge in [0, 0.05) is 12.3 Å². The van der Waals surface area contributed by atoms with Crippen LogP contribution in [0.1, 0.15) is 5.56 Å². The molecule has 3 rings (SSSR count). The van der Waals surface area contributed by atoms with E-state index in [1.54, 1.807) is 12.3 Å². The van der Waals surface area contributed by atoms with Crippen molar-refractivity contribution in [1.29, 1.82) is 0 Å². The Morgan fingerprint density at radius 3 is 3.12 bits per heavy atom. The Hall–Kier alpha value is -1.88. The van der Waals surface area contributed by atoms with Gasteiger partial charge in [0.15, 0.2) is 0 Å². The van der Waals surface area contributed by atoms with Crippen molar-refractivity contribution in [2.24, 2.45) is 0 Å². The van der Waals surface area contributed by atoms with Crippen molar-refractivity contribution < 1.29 is 9.39 Å². The summed E-state index contributed by atoms with van der Waals surface area (Å²) >= 11 is 0. The first-order chi connectivity index (χ1) is 8.33. The van der Waals surface area contributed by atoms with Crippen molar-refractivity contribution in [1.82, 2.24) is 9.97 Å². The first-order valence-corrected chi connectivity index (χ1v) is 5.51. The Morgan fingerprint density at radius 2 is 2.29 bits per heavy atom. The SMILES string of the molecule is CB1OCc2ccc(Oc3ccncn3)cc21. The number of benzene rings is 1. The number of hydrogen-bond acceptors (Lipinski definition) is 4. The van der Waals surface area contributed by atoms with Gasteiger partial charge in [0.2, 0.25) is 5.88 Å². The summed E-state index contributed by atoms with van der Waals surface area (Å²) in [5, 5.41) is 0. The minimum atomic E-state index is 0.138. The van der Waals surface area contributed by atoms with Gasteiger partial charge in [-0.15, -0.1) is 0 Å². The Morgan fingerprint density at radius 1 is 1.35 bits per heavy atom. The minimum absolute atomic E-state index is 0.138. The first-order valence-electron chi connectivity index (χ1n) is 5.51. The molecule has 0 unspecified atom stereocenters. The number of hydrogen-bond donors (Lipinski definition) is 0. The van der Waals surface area contributed by atoms with Crippen LogP contribution in [0.15, 0.2) is 36.8 Å². The van der Waals surface area contributed by atoms with Crippen LogP contribution in [0.2, 0.25) is 6.82 Å². The molecular formula is C12H11BN2O2. The summed E-state index contributed by atoms with van der Waals surface area (Å²) < 4.78 is 11.2. The molecule has 0 atom stereocenters. The Labute approximate surface area is 99.7 Å². The molecule has 0 radical (unpaired) electrons. The molecule has 5 heteroatoms. The van der Waals surface area contributed by atoms with E-state index in [-0.39, 0.29) is 6.92 Å². The fourth-order valence-electron chi connectivity index (χ4n) is 1.91. The van der Waals surface area contributed by atoms with Crippen molar-refractivity contribution in [2.75, 3.05) is 0 Å². The van der Waals surface area contributed by atoms with Crippen molar-refractivity contribution in [3.05, 3.63) is 42.4 Å². The van der Waals surface area contributed by atoms with Crippen LogP contribution in [0.5, 0.6) is 11.6 Å². The van der Waals surface area contributed by atoms with Gasteiger partial charge in [-0.3, -0.25) is 0 Å². The van der Waals surface area contributed by atoms with Crippen LogP contribution in [0.3, 0.4) is 0 Å². The molecule has 84 valence electrons. The van der Waals surface area contributed by atoms with Crippen molar-refractivity contribution >= 4 is 12.4 Å². The molecule has 1 aliphatic rings. The molecule has 1 aliphatic heterocycles. The van der Waals surface area contributed by atoms with Crippen LogP contribution in [0, 0.1) is 0 Å². The van der Waals surface area contributed by atoms with Crippen molar-refractivity contribution in [2.45, 2.75) is 13.4 Å². The minimum Gasteiger partial charge on any atom is -0.439 e. The smallest absolute Gasteiger partial charge is 0.324 e. The number of fused-ring (bicyclic) bond motifs is 1. The molecule has 0 N–H and O–H groups in total. The van der Waals surface area contributed by atoms with E-state index in [1.165, 1.54) is 17.4 Å². The predicted molar refractivity (Wildman–Crippen MR) is 64.6 cm³/mol. The summed E-state index contributed by atoms with van der Waals surface area (Å²) in [6.07, 6.45) is 3.12. The van der Waals surface area contributed by atoms with Crippen LogP contribution in [0.25, 0.3) is 0 Å². The molecule has 4 nitrogen and oxygen atoms in total. The molecule has 0 fully saturated rings. The van der Waals surface area contributed by atoms with Crippen LogP contribution < -0.4 is 10.2 Å². The zero-order chi connectivity index (χ0) is 11.7. The number of ether oxygens (including phenoxy) is 1. The highest BCUT2D eigenvalue weighted by molar-refractivity contribution is 6.67. The molecule has 0 spiro atoms. The summed E-state index contributed by atoms with van der Waals surface area (Å²) in [6, 6.07) is 7.71. The normalized spacial score (nSPS) is 13.6. The van der Waals surface area contributed by atoms with Crippen molar-refractivity contribution in [3.63, 3.8) is 0 Å². The molecule has 2 heterocycles. The second kappa shape index (κ2) is 4.18. The first kappa shape index (κ1) is 10.3.